The maximum atomic E-state index is 5.68. The molecule has 2 rings (SSSR count). The lowest BCUT2D eigenvalue weighted by Crippen LogP contribution is -1.97. The quantitative estimate of drug-likeness (QED) is 0.790. The average Bonchev–Trinajstić information content (AvgIpc) is 2.90. The summed E-state index contributed by atoms with van der Waals surface area (Å²) in [5.74, 6) is 2.64. The van der Waals surface area contributed by atoms with Gasteiger partial charge in [-0.15, -0.1) is 0 Å². The van der Waals surface area contributed by atoms with Gasteiger partial charge >= 0.3 is 0 Å². The highest BCUT2D eigenvalue weighted by Crippen LogP contribution is 2.19. The Morgan fingerprint density at radius 2 is 2.30 bits per heavy atom. The molecule has 1 atom stereocenters. The van der Waals surface area contributed by atoms with E-state index in [0.29, 0.717) is 28.4 Å². The smallest absolute Gasteiger partial charge is 0.264 e. The van der Waals surface area contributed by atoms with E-state index in [9.17, 15) is 0 Å². The van der Waals surface area contributed by atoms with Gasteiger partial charge in [-0.05, 0) is 18.6 Å². The van der Waals surface area contributed by atoms with E-state index in [4.69, 9.17) is 15.0 Å². The molecule has 0 aliphatic carbocycles. The van der Waals surface area contributed by atoms with Crippen LogP contribution in [0.25, 0.3) is 0 Å². The third-order valence-corrected chi connectivity index (χ3v) is 4.13. The maximum Gasteiger partial charge on any atom is 0.264 e. The first-order valence-electron chi connectivity index (χ1n) is 6.58. The Labute approximate surface area is 122 Å². The SMILES string of the molecule is CCC(C)SCc1noc(COc2cccc(N)c2)n1. The van der Waals surface area contributed by atoms with Crippen molar-refractivity contribution in [2.45, 2.75) is 37.9 Å². The van der Waals surface area contributed by atoms with Crippen molar-refractivity contribution in [1.82, 2.24) is 10.1 Å². The predicted octanol–water partition coefficient (Wildman–Crippen LogP) is 3.26. The third kappa shape index (κ3) is 4.45. The number of thioether (sulfide) groups is 1. The largest absolute Gasteiger partial charge is 0.484 e. The van der Waals surface area contributed by atoms with Crippen molar-refractivity contribution >= 4 is 17.4 Å². The minimum Gasteiger partial charge on any atom is -0.484 e. The number of rotatable bonds is 7. The number of hydrogen-bond donors (Lipinski definition) is 1. The maximum absolute atomic E-state index is 5.68. The molecule has 0 spiro atoms. The second-order valence-corrected chi connectivity index (χ2v) is 5.92. The normalized spacial score (nSPS) is 12.3. The van der Waals surface area contributed by atoms with Crippen molar-refractivity contribution < 1.29 is 9.26 Å². The number of ether oxygens (including phenoxy) is 1. The zero-order valence-electron chi connectivity index (χ0n) is 11.7. The second kappa shape index (κ2) is 7.19. The Bertz CT molecular complexity index is 545. The fourth-order valence-electron chi connectivity index (χ4n) is 1.49. The average molecular weight is 293 g/mol. The summed E-state index contributed by atoms with van der Waals surface area (Å²) in [6.45, 7) is 4.61. The standard InChI is InChI=1S/C14H19N3O2S/c1-3-10(2)20-9-13-16-14(19-17-13)8-18-12-6-4-5-11(15)7-12/h4-7,10H,3,8-9,15H2,1-2H3. The van der Waals surface area contributed by atoms with Gasteiger partial charge in [-0.3, -0.25) is 0 Å². The van der Waals surface area contributed by atoms with E-state index in [2.05, 4.69) is 24.0 Å². The Kier molecular flexibility index (Phi) is 5.29. The first-order chi connectivity index (χ1) is 9.67. The third-order valence-electron chi connectivity index (χ3n) is 2.80. The van der Waals surface area contributed by atoms with Gasteiger partial charge in [-0.25, -0.2) is 0 Å². The Balaban J connectivity index is 1.83. The van der Waals surface area contributed by atoms with Gasteiger partial charge in [0, 0.05) is 17.0 Å². The van der Waals surface area contributed by atoms with Crippen LogP contribution < -0.4 is 10.5 Å². The van der Waals surface area contributed by atoms with E-state index in [1.165, 1.54) is 0 Å². The first-order valence-corrected chi connectivity index (χ1v) is 7.63. The van der Waals surface area contributed by atoms with Gasteiger partial charge in [-0.2, -0.15) is 16.7 Å². The predicted molar refractivity (Wildman–Crippen MR) is 80.5 cm³/mol. The highest BCUT2D eigenvalue weighted by Gasteiger charge is 2.09. The lowest BCUT2D eigenvalue weighted by Gasteiger charge is -2.04. The summed E-state index contributed by atoms with van der Waals surface area (Å²) in [5, 5.41) is 4.54. The van der Waals surface area contributed by atoms with Gasteiger partial charge < -0.3 is 15.0 Å². The van der Waals surface area contributed by atoms with Crippen molar-refractivity contribution in [2.75, 3.05) is 5.73 Å². The van der Waals surface area contributed by atoms with Gasteiger partial charge in [0.25, 0.3) is 5.89 Å². The molecule has 1 aromatic heterocycles. The second-order valence-electron chi connectivity index (χ2n) is 4.50. The molecule has 6 heteroatoms. The Morgan fingerprint density at radius 1 is 1.45 bits per heavy atom. The van der Waals surface area contributed by atoms with Crippen LogP contribution >= 0.6 is 11.8 Å². The van der Waals surface area contributed by atoms with Gasteiger partial charge in [0.05, 0.1) is 5.75 Å². The number of nitrogen functional groups attached to an aromatic ring is 1. The lowest BCUT2D eigenvalue weighted by molar-refractivity contribution is 0.242. The van der Waals surface area contributed by atoms with Crippen molar-refractivity contribution in [3.8, 4) is 5.75 Å². The van der Waals surface area contributed by atoms with Crippen molar-refractivity contribution in [1.29, 1.82) is 0 Å². The Morgan fingerprint density at radius 3 is 3.05 bits per heavy atom. The fraction of sp³-hybridized carbons (Fsp3) is 0.429. The van der Waals surface area contributed by atoms with Crippen LogP contribution in [0.4, 0.5) is 5.69 Å². The van der Waals surface area contributed by atoms with Crippen LogP contribution in [0.2, 0.25) is 0 Å². The minimum atomic E-state index is 0.254. The number of nitrogens with zero attached hydrogens (tertiary/aromatic N) is 2. The molecule has 1 aromatic carbocycles. The molecule has 0 bridgehead atoms. The molecular formula is C14H19N3O2S. The van der Waals surface area contributed by atoms with E-state index in [-0.39, 0.29) is 6.61 Å². The van der Waals surface area contributed by atoms with E-state index >= 15 is 0 Å². The molecule has 1 heterocycles. The van der Waals surface area contributed by atoms with E-state index in [0.717, 1.165) is 12.2 Å². The molecule has 0 amide bonds. The molecule has 0 aliphatic heterocycles. The molecule has 1 unspecified atom stereocenters. The molecular weight excluding hydrogens is 274 g/mol. The molecule has 108 valence electrons. The van der Waals surface area contributed by atoms with Crippen LogP contribution in [-0.4, -0.2) is 15.4 Å². The molecule has 2 N–H and O–H groups in total. The fourth-order valence-corrected chi connectivity index (χ4v) is 2.28. The van der Waals surface area contributed by atoms with Crippen molar-refractivity contribution in [2.24, 2.45) is 0 Å². The molecule has 2 aromatic rings. The van der Waals surface area contributed by atoms with Crippen LogP contribution in [-0.2, 0) is 12.4 Å². The summed E-state index contributed by atoms with van der Waals surface area (Å²) in [5.41, 5.74) is 6.34. The Hall–Kier alpha value is -1.69. The topological polar surface area (TPSA) is 74.2 Å². The summed E-state index contributed by atoms with van der Waals surface area (Å²) >= 11 is 1.82. The number of hydrogen-bond acceptors (Lipinski definition) is 6. The molecule has 0 radical (unpaired) electrons. The summed E-state index contributed by atoms with van der Waals surface area (Å²) in [6.07, 6.45) is 1.13. The highest BCUT2D eigenvalue weighted by molar-refractivity contribution is 7.99. The van der Waals surface area contributed by atoms with E-state index in [1.807, 2.05) is 30.0 Å². The molecule has 0 saturated heterocycles. The first kappa shape index (κ1) is 14.7. The molecule has 0 aliphatic rings. The number of benzene rings is 1. The summed E-state index contributed by atoms with van der Waals surface area (Å²) in [6, 6.07) is 7.25. The van der Waals surface area contributed by atoms with E-state index < -0.39 is 0 Å². The van der Waals surface area contributed by atoms with E-state index in [1.54, 1.807) is 6.07 Å². The summed E-state index contributed by atoms with van der Waals surface area (Å²) < 4.78 is 10.7. The van der Waals surface area contributed by atoms with Crippen LogP contribution in [0.5, 0.6) is 5.75 Å². The number of aromatic nitrogens is 2. The molecule has 20 heavy (non-hydrogen) atoms. The zero-order valence-corrected chi connectivity index (χ0v) is 12.5. The number of nitrogens with two attached hydrogens (primary N) is 1. The summed E-state index contributed by atoms with van der Waals surface area (Å²) in [4.78, 5) is 4.30. The lowest BCUT2D eigenvalue weighted by atomic mass is 10.3. The minimum absolute atomic E-state index is 0.254. The van der Waals surface area contributed by atoms with Crippen LogP contribution in [0.1, 0.15) is 32.0 Å². The summed E-state index contributed by atoms with van der Waals surface area (Å²) in [7, 11) is 0. The van der Waals surface area contributed by atoms with Crippen LogP contribution in [0.15, 0.2) is 28.8 Å². The van der Waals surface area contributed by atoms with Gasteiger partial charge in [-0.1, -0.05) is 25.1 Å². The zero-order chi connectivity index (χ0) is 14.4. The molecule has 0 fully saturated rings. The van der Waals surface area contributed by atoms with Gasteiger partial charge in [0.2, 0.25) is 0 Å². The van der Waals surface area contributed by atoms with Crippen LogP contribution in [0.3, 0.4) is 0 Å². The highest BCUT2D eigenvalue weighted by atomic mass is 32.2. The molecule has 5 nitrogen and oxygen atoms in total. The van der Waals surface area contributed by atoms with Crippen molar-refractivity contribution in [3.05, 3.63) is 36.0 Å². The van der Waals surface area contributed by atoms with Crippen LogP contribution in [0, 0.1) is 0 Å². The van der Waals surface area contributed by atoms with Gasteiger partial charge in [0.15, 0.2) is 12.4 Å². The van der Waals surface area contributed by atoms with Gasteiger partial charge in [0.1, 0.15) is 5.75 Å². The number of anilines is 1. The monoisotopic (exact) mass is 293 g/mol. The van der Waals surface area contributed by atoms with Crippen molar-refractivity contribution in [3.63, 3.8) is 0 Å². The molecule has 0 saturated carbocycles.